The normalized spacial score (nSPS) is 22.4. The van der Waals surface area contributed by atoms with Crippen LogP contribution in [0.5, 0.6) is 0 Å². The molecule has 1 aliphatic heterocycles. The van der Waals surface area contributed by atoms with Gasteiger partial charge in [0.15, 0.2) is 0 Å². The Labute approximate surface area is 85.4 Å². The van der Waals surface area contributed by atoms with Crippen LogP contribution >= 0.6 is 0 Å². The summed E-state index contributed by atoms with van der Waals surface area (Å²) in [5.41, 5.74) is -0.382. The molecule has 2 N–H and O–H groups in total. The summed E-state index contributed by atoms with van der Waals surface area (Å²) in [5.74, 6) is -0.176. The van der Waals surface area contributed by atoms with E-state index in [4.69, 9.17) is 4.74 Å². The minimum atomic E-state index is -0.382. The Morgan fingerprint density at radius 3 is 2.79 bits per heavy atom. The summed E-state index contributed by atoms with van der Waals surface area (Å²) in [6, 6.07) is 0.419. The molecule has 1 saturated heterocycles. The summed E-state index contributed by atoms with van der Waals surface area (Å²) in [6.45, 7) is 7.92. The second kappa shape index (κ2) is 4.75. The Morgan fingerprint density at radius 2 is 2.29 bits per heavy atom. The quantitative estimate of drug-likeness (QED) is 0.642. The van der Waals surface area contributed by atoms with Gasteiger partial charge in [-0.2, -0.15) is 0 Å². The van der Waals surface area contributed by atoms with Crippen LogP contribution in [0.1, 0.15) is 27.2 Å². The van der Waals surface area contributed by atoms with Gasteiger partial charge in [-0.05, 0) is 33.7 Å². The molecule has 0 amide bonds. The van der Waals surface area contributed by atoms with Crippen molar-refractivity contribution < 1.29 is 9.53 Å². The fourth-order valence-electron chi connectivity index (χ4n) is 1.43. The molecule has 0 radical (unpaired) electrons. The zero-order chi connectivity index (χ0) is 10.6. The number of hydrogen-bond acceptors (Lipinski definition) is 4. The largest absolute Gasteiger partial charge is 0.459 e. The third-order valence-corrected chi connectivity index (χ3v) is 2.02. The molecule has 1 heterocycles. The van der Waals surface area contributed by atoms with Crippen molar-refractivity contribution >= 4 is 5.97 Å². The summed E-state index contributed by atoms with van der Waals surface area (Å²) in [7, 11) is 0. The first kappa shape index (κ1) is 11.5. The second-order valence-corrected chi connectivity index (χ2v) is 4.66. The molecule has 0 aromatic heterocycles. The highest BCUT2D eigenvalue weighted by molar-refractivity contribution is 5.72. The van der Waals surface area contributed by atoms with E-state index in [0.29, 0.717) is 12.6 Å². The first-order valence-electron chi connectivity index (χ1n) is 5.13. The summed E-state index contributed by atoms with van der Waals surface area (Å²) >= 11 is 0. The molecule has 4 heteroatoms. The predicted molar refractivity (Wildman–Crippen MR) is 55.1 cm³/mol. The van der Waals surface area contributed by atoms with E-state index in [1.54, 1.807) is 0 Å². The highest BCUT2D eigenvalue weighted by atomic mass is 16.6. The van der Waals surface area contributed by atoms with Crippen LogP contribution in [-0.4, -0.2) is 37.2 Å². The van der Waals surface area contributed by atoms with E-state index in [-0.39, 0.29) is 11.6 Å². The SMILES string of the molecule is CC(C)(C)OC(=O)CN[C@H]1CCNC1. The minimum Gasteiger partial charge on any atom is -0.459 e. The van der Waals surface area contributed by atoms with Crippen LogP contribution in [0.3, 0.4) is 0 Å². The smallest absolute Gasteiger partial charge is 0.320 e. The Hall–Kier alpha value is -0.610. The van der Waals surface area contributed by atoms with E-state index in [9.17, 15) is 4.79 Å². The molecule has 0 aliphatic carbocycles. The van der Waals surface area contributed by atoms with Crippen molar-refractivity contribution in [3.05, 3.63) is 0 Å². The van der Waals surface area contributed by atoms with Crippen LogP contribution in [0.2, 0.25) is 0 Å². The number of nitrogens with one attached hydrogen (secondary N) is 2. The summed E-state index contributed by atoms with van der Waals surface area (Å²) in [6.07, 6.45) is 1.09. The first-order valence-corrected chi connectivity index (χ1v) is 5.13. The molecule has 1 atom stereocenters. The molecule has 0 aromatic carbocycles. The van der Waals surface area contributed by atoms with E-state index in [2.05, 4.69) is 10.6 Å². The molecule has 14 heavy (non-hydrogen) atoms. The third kappa shape index (κ3) is 4.58. The molecule has 1 fully saturated rings. The van der Waals surface area contributed by atoms with Gasteiger partial charge >= 0.3 is 5.97 Å². The number of carbonyl (C=O) groups is 1. The summed E-state index contributed by atoms with van der Waals surface area (Å²) in [5, 5.41) is 6.40. The second-order valence-electron chi connectivity index (χ2n) is 4.66. The number of rotatable bonds is 3. The summed E-state index contributed by atoms with van der Waals surface area (Å²) in [4.78, 5) is 11.3. The van der Waals surface area contributed by atoms with Crippen LogP contribution in [0, 0.1) is 0 Å². The molecule has 0 aromatic rings. The highest BCUT2D eigenvalue weighted by Gasteiger charge is 2.18. The molecule has 0 spiro atoms. The monoisotopic (exact) mass is 200 g/mol. The van der Waals surface area contributed by atoms with E-state index in [1.165, 1.54) is 0 Å². The van der Waals surface area contributed by atoms with Gasteiger partial charge in [-0.25, -0.2) is 0 Å². The van der Waals surface area contributed by atoms with Crippen molar-refractivity contribution in [3.8, 4) is 0 Å². The van der Waals surface area contributed by atoms with Crippen molar-refractivity contribution in [2.75, 3.05) is 19.6 Å². The predicted octanol–water partition coefficient (Wildman–Crippen LogP) is 0.280. The van der Waals surface area contributed by atoms with Crippen molar-refractivity contribution in [3.63, 3.8) is 0 Å². The zero-order valence-electron chi connectivity index (χ0n) is 9.22. The van der Waals surface area contributed by atoms with Crippen molar-refractivity contribution in [2.45, 2.75) is 38.8 Å². The lowest BCUT2D eigenvalue weighted by atomic mass is 10.2. The van der Waals surface area contributed by atoms with E-state index >= 15 is 0 Å². The third-order valence-electron chi connectivity index (χ3n) is 2.02. The van der Waals surface area contributed by atoms with Crippen LogP contribution < -0.4 is 10.6 Å². The van der Waals surface area contributed by atoms with Crippen molar-refractivity contribution in [1.29, 1.82) is 0 Å². The fourth-order valence-corrected chi connectivity index (χ4v) is 1.43. The van der Waals surface area contributed by atoms with Crippen molar-refractivity contribution in [2.24, 2.45) is 0 Å². The molecule has 0 bridgehead atoms. The average molecular weight is 200 g/mol. The van der Waals surface area contributed by atoms with Crippen molar-refractivity contribution in [1.82, 2.24) is 10.6 Å². The molecule has 0 unspecified atom stereocenters. The summed E-state index contributed by atoms with van der Waals surface area (Å²) < 4.78 is 5.18. The topological polar surface area (TPSA) is 50.4 Å². The lowest BCUT2D eigenvalue weighted by molar-refractivity contribution is -0.153. The lowest BCUT2D eigenvalue weighted by Gasteiger charge is -2.20. The van der Waals surface area contributed by atoms with Gasteiger partial charge in [0.05, 0.1) is 6.54 Å². The first-order chi connectivity index (χ1) is 6.47. The molecular weight excluding hydrogens is 180 g/mol. The van der Waals surface area contributed by atoms with Gasteiger partial charge < -0.3 is 15.4 Å². The van der Waals surface area contributed by atoms with Crippen LogP contribution in [-0.2, 0) is 9.53 Å². The van der Waals surface area contributed by atoms with Gasteiger partial charge in [0, 0.05) is 12.6 Å². The van der Waals surface area contributed by atoms with Gasteiger partial charge in [0.1, 0.15) is 5.60 Å². The number of hydrogen-bond donors (Lipinski definition) is 2. The van der Waals surface area contributed by atoms with E-state index in [1.807, 2.05) is 20.8 Å². The Balaban J connectivity index is 2.14. The number of ether oxygens (including phenoxy) is 1. The van der Waals surface area contributed by atoms with Gasteiger partial charge in [-0.3, -0.25) is 4.79 Å². The molecule has 4 nitrogen and oxygen atoms in total. The van der Waals surface area contributed by atoms with Crippen LogP contribution in [0.4, 0.5) is 0 Å². The Bertz CT molecular complexity index is 193. The maximum atomic E-state index is 11.3. The molecule has 1 rings (SSSR count). The Kier molecular flexibility index (Phi) is 3.89. The maximum Gasteiger partial charge on any atom is 0.320 e. The van der Waals surface area contributed by atoms with Crippen LogP contribution in [0.15, 0.2) is 0 Å². The highest BCUT2D eigenvalue weighted by Crippen LogP contribution is 2.06. The lowest BCUT2D eigenvalue weighted by Crippen LogP contribution is -2.38. The zero-order valence-corrected chi connectivity index (χ0v) is 9.22. The minimum absolute atomic E-state index is 0.176. The van der Waals surface area contributed by atoms with Gasteiger partial charge in [0.2, 0.25) is 0 Å². The van der Waals surface area contributed by atoms with E-state index in [0.717, 1.165) is 19.5 Å². The molecular formula is C10H20N2O2. The molecule has 0 saturated carbocycles. The average Bonchev–Trinajstić information content (AvgIpc) is 2.49. The molecule has 1 aliphatic rings. The van der Waals surface area contributed by atoms with E-state index < -0.39 is 0 Å². The molecule has 82 valence electrons. The fraction of sp³-hybridized carbons (Fsp3) is 0.900. The van der Waals surface area contributed by atoms with Gasteiger partial charge in [-0.1, -0.05) is 0 Å². The standard InChI is InChI=1S/C10H20N2O2/c1-10(2,3)14-9(13)7-12-8-4-5-11-6-8/h8,11-12H,4-7H2,1-3H3/t8-/m0/s1. The maximum absolute atomic E-state index is 11.3. The van der Waals surface area contributed by atoms with Gasteiger partial charge in [0.25, 0.3) is 0 Å². The van der Waals surface area contributed by atoms with Crippen LogP contribution in [0.25, 0.3) is 0 Å². The Morgan fingerprint density at radius 1 is 1.57 bits per heavy atom. The van der Waals surface area contributed by atoms with Gasteiger partial charge in [-0.15, -0.1) is 0 Å². The number of carbonyl (C=O) groups excluding carboxylic acids is 1. The number of esters is 1.